The number of alkyl halides is 3. The normalized spacial score (nSPS) is 11.4. The lowest BCUT2D eigenvalue weighted by atomic mass is 10.2. The monoisotopic (exact) mass is 294 g/mol. The van der Waals surface area contributed by atoms with E-state index < -0.39 is 46.9 Å². The van der Waals surface area contributed by atoms with Crippen molar-refractivity contribution < 1.29 is 39.9 Å². The summed E-state index contributed by atoms with van der Waals surface area (Å²) < 4.78 is 98.9. The van der Waals surface area contributed by atoms with Gasteiger partial charge in [-0.3, -0.25) is 15.6 Å². The Balaban J connectivity index is 3.07. The van der Waals surface area contributed by atoms with Crippen LogP contribution in [0.3, 0.4) is 0 Å². The highest BCUT2D eigenvalue weighted by atomic mass is 19.4. The third-order valence-electron chi connectivity index (χ3n) is 1.77. The Kier molecular flexibility index (Phi) is 3.86. The predicted octanol–water partition coefficient (Wildman–Crippen LogP) is 2.39. The van der Waals surface area contributed by atoms with Crippen LogP contribution >= 0.6 is 0 Å². The van der Waals surface area contributed by atoms with Crippen LogP contribution in [0.25, 0.3) is 0 Å². The second-order valence-electron chi connectivity index (χ2n) is 3.02. The van der Waals surface area contributed by atoms with Crippen LogP contribution in [-0.4, -0.2) is 12.1 Å². The molecule has 0 radical (unpaired) electrons. The van der Waals surface area contributed by atoms with Gasteiger partial charge in [0, 0.05) is 0 Å². The van der Waals surface area contributed by atoms with Gasteiger partial charge in [-0.2, -0.15) is 13.2 Å². The van der Waals surface area contributed by atoms with E-state index in [0.717, 1.165) is 10.9 Å². The quantitative estimate of drug-likeness (QED) is 0.380. The molecule has 0 unspecified atom stereocenters. The Hall–Kier alpha value is -2.07. The molecule has 106 valence electrons. The molecule has 0 aliphatic heterocycles. The van der Waals surface area contributed by atoms with Gasteiger partial charge in [0.05, 0.1) is 0 Å². The first-order valence-electron chi connectivity index (χ1n) is 4.22. The summed E-state index contributed by atoms with van der Waals surface area (Å²) in [5.41, 5.74) is -0.0862. The lowest BCUT2D eigenvalue weighted by Gasteiger charge is -2.12. The number of halogens is 8. The lowest BCUT2D eigenvalue weighted by molar-refractivity contribution is -0.173. The number of hydrogen-bond donors (Lipinski definition) is 2. The molecule has 0 atom stereocenters. The molecule has 0 fully saturated rings. The third-order valence-corrected chi connectivity index (χ3v) is 1.77. The summed E-state index contributed by atoms with van der Waals surface area (Å²) >= 11 is 0. The van der Waals surface area contributed by atoms with E-state index in [2.05, 4.69) is 0 Å². The van der Waals surface area contributed by atoms with Crippen LogP contribution in [0.2, 0.25) is 0 Å². The van der Waals surface area contributed by atoms with E-state index in [1.807, 2.05) is 0 Å². The van der Waals surface area contributed by atoms with E-state index in [1.165, 1.54) is 0 Å². The smallest absolute Gasteiger partial charge is 0.293 e. The molecule has 0 aliphatic rings. The number of carbonyl (C=O) groups is 1. The molecule has 0 aliphatic carbocycles. The molecule has 2 N–H and O–H groups in total. The van der Waals surface area contributed by atoms with Crippen LogP contribution in [0.5, 0.6) is 0 Å². The second kappa shape index (κ2) is 4.90. The zero-order valence-corrected chi connectivity index (χ0v) is 8.43. The van der Waals surface area contributed by atoms with Crippen LogP contribution in [-0.2, 0) is 4.79 Å². The summed E-state index contributed by atoms with van der Waals surface area (Å²) in [7, 11) is 0. The summed E-state index contributed by atoms with van der Waals surface area (Å²) in [6, 6.07) is 0. The first-order chi connectivity index (χ1) is 8.57. The molecule has 19 heavy (non-hydrogen) atoms. The fourth-order valence-electron chi connectivity index (χ4n) is 0.905. The minimum atomic E-state index is -5.41. The Morgan fingerprint density at radius 3 is 1.53 bits per heavy atom. The Morgan fingerprint density at radius 2 is 1.16 bits per heavy atom. The first-order valence-corrected chi connectivity index (χ1v) is 4.22. The van der Waals surface area contributed by atoms with E-state index in [0.29, 0.717) is 0 Å². The van der Waals surface area contributed by atoms with Crippen LogP contribution < -0.4 is 10.9 Å². The van der Waals surface area contributed by atoms with Gasteiger partial charge in [-0.05, 0) is 0 Å². The maximum Gasteiger partial charge on any atom is 0.472 e. The number of amides is 1. The average Bonchev–Trinajstić information content (AvgIpc) is 2.32. The Morgan fingerprint density at radius 1 is 0.789 bits per heavy atom. The maximum absolute atomic E-state index is 12.9. The van der Waals surface area contributed by atoms with Crippen molar-refractivity contribution in [3.63, 3.8) is 0 Å². The largest absolute Gasteiger partial charge is 0.472 e. The van der Waals surface area contributed by atoms with Crippen LogP contribution in [0.15, 0.2) is 0 Å². The van der Waals surface area contributed by atoms with Gasteiger partial charge in [0.1, 0.15) is 5.69 Å². The van der Waals surface area contributed by atoms with Crippen molar-refractivity contribution in [2.75, 3.05) is 5.43 Å². The SMILES string of the molecule is O=C(NNc1c(F)c(F)c(F)c(F)c1F)C(F)(F)F. The topological polar surface area (TPSA) is 41.1 Å². The van der Waals surface area contributed by atoms with Gasteiger partial charge in [0.2, 0.25) is 5.82 Å². The molecule has 0 heterocycles. The van der Waals surface area contributed by atoms with Crippen molar-refractivity contribution in [2.45, 2.75) is 6.18 Å². The van der Waals surface area contributed by atoms with E-state index in [4.69, 9.17) is 0 Å². The predicted molar refractivity (Wildman–Crippen MR) is 44.1 cm³/mol. The van der Waals surface area contributed by atoms with E-state index >= 15 is 0 Å². The van der Waals surface area contributed by atoms with Gasteiger partial charge in [0.25, 0.3) is 0 Å². The number of anilines is 1. The zero-order chi connectivity index (χ0) is 15.0. The number of hydrogen-bond acceptors (Lipinski definition) is 2. The number of hydrazine groups is 1. The number of rotatable bonds is 2. The summed E-state index contributed by atoms with van der Waals surface area (Å²) in [4.78, 5) is 10.3. The van der Waals surface area contributed by atoms with E-state index in [-0.39, 0.29) is 0 Å². The Labute approximate surface area is 98.7 Å². The molecule has 0 bridgehead atoms. The molecule has 1 rings (SSSR count). The van der Waals surface area contributed by atoms with Gasteiger partial charge < -0.3 is 0 Å². The summed E-state index contributed by atoms with van der Waals surface area (Å²) in [5, 5.41) is 0. The van der Waals surface area contributed by atoms with Crippen molar-refractivity contribution in [1.29, 1.82) is 0 Å². The van der Waals surface area contributed by atoms with Crippen molar-refractivity contribution in [3.8, 4) is 0 Å². The summed E-state index contributed by atoms with van der Waals surface area (Å²) in [6.07, 6.45) is -5.41. The molecule has 1 amide bonds. The minimum Gasteiger partial charge on any atom is -0.293 e. The van der Waals surface area contributed by atoms with Crippen LogP contribution in [0.1, 0.15) is 0 Å². The van der Waals surface area contributed by atoms with E-state index in [1.54, 1.807) is 0 Å². The lowest BCUT2D eigenvalue weighted by Crippen LogP contribution is -2.40. The van der Waals surface area contributed by atoms with Crippen molar-refractivity contribution in [3.05, 3.63) is 29.1 Å². The van der Waals surface area contributed by atoms with Gasteiger partial charge in [-0.15, -0.1) is 0 Å². The maximum atomic E-state index is 12.9. The minimum absolute atomic E-state index is 0.745. The molecule has 1 aromatic carbocycles. The van der Waals surface area contributed by atoms with E-state index in [9.17, 15) is 39.9 Å². The highest BCUT2D eigenvalue weighted by Crippen LogP contribution is 2.26. The molecule has 0 spiro atoms. The second-order valence-corrected chi connectivity index (χ2v) is 3.02. The number of carbonyl (C=O) groups excluding carboxylic acids is 1. The number of nitrogens with one attached hydrogen (secondary N) is 2. The van der Waals surface area contributed by atoms with Crippen molar-refractivity contribution >= 4 is 11.6 Å². The summed E-state index contributed by atoms with van der Waals surface area (Å²) in [6.45, 7) is 0. The molecule has 3 nitrogen and oxygen atoms in total. The summed E-state index contributed by atoms with van der Waals surface area (Å²) in [5.74, 6) is -14.7. The first kappa shape index (κ1) is 15.0. The fraction of sp³-hybridized carbons (Fsp3) is 0.125. The van der Waals surface area contributed by atoms with Gasteiger partial charge >= 0.3 is 12.1 Å². The van der Waals surface area contributed by atoms with Crippen molar-refractivity contribution in [1.82, 2.24) is 5.43 Å². The van der Waals surface area contributed by atoms with Crippen LogP contribution in [0.4, 0.5) is 40.8 Å². The van der Waals surface area contributed by atoms with Crippen LogP contribution in [0, 0.1) is 29.1 Å². The van der Waals surface area contributed by atoms with Gasteiger partial charge in [-0.1, -0.05) is 0 Å². The fourth-order valence-corrected chi connectivity index (χ4v) is 0.905. The van der Waals surface area contributed by atoms with Gasteiger partial charge in [0.15, 0.2) is 23.3 Å². The zero-order valence-electron chi connectivity index (χ0n) is 8.43. The average molecular weight is 294 g/mol. The molecule has 1 aromatic rings. The standard InChI is InChI=1S/C8H2F8N2O/c9-1-2(10)4(12)6(5(13)3(1)11)17-18-7(19)8(14,15)16/h17H,(H,18,19). The Bertz CT molecular complexity index is 497. The molecular weight excluding hydrogens is 292 g/mol. The molecular formula is C8H2F8N2O. The van der Waals surface area contributed by atoms with Crippen molar-refractivity contribution in [2.24, 2.45) is 0 Å². The molecule has 0 saturated carbocycles. The third kappa shape index (κ3) is 2.85. The highest BCUT2D eigenvalue weighted by Gasteiger charge is 2.39. The van der Waals surface area contributed by atoms with Gasteiger partial charge in [-0.25, -0.2) is 22.0 Å². The molecule has 11 heteroatoms. The highest BCUT2D eigenvalue weighted by molar-refractivity contribution is 5.82. The molecule has 0 saturated heterocycles. The number of benzene rings is 1. The molecule has 0 aromatic heterocycles.